The molecule has 0 radical (unpaired) electrons. The molecule has 0 aliphatic carbocycles. The number of nitrogens with one attached hydrogen (secondary N) is 1. The average molecular weight is 318 g/mol. The molecule has 1 aromatic carbocycles. The van der Waals surface area contributed by atoms with Crippen LogP contribution in [0.4, 0.5) is 11.4 Å². The van der Waals surface area contributed by atoms with Crippen LogP contribution in [0.1, 0.15) is 15.9 Å². The minimum absolute atomic E-state index is 0.141. The fourth-order valence-corrected chi connectivity index (χ4v) is 1.79. The van der Waals surface area contributed by atoms with Gasteiger partial charge < -0.3 is 10.1 Å². The zero-order valence-electron chi connectivity index (χ0n) is 12.5. The standard InChI is InChI=1S/C14H14N4O5/c1-9-3-4-11(18(21)22)5-12(9)16-13(19)8-23-14(20)10-6-15-17(2)7-10/h3-7H,8H2,1-2H3,(H,16,19). The summed E-state index contributed by atoms with van der Waals surface area (Å²) in [6.45, 7) is 1.19. The van der Waals surface area contributed by atoms with E-state index in [1.165, 1.54) is 35.3 Å². The maximum Gasteiger partial charge on any atom is 0.341 e. The second kappa shape index (κ2) is 6.69. The van der Waals surface area contributed by atoms with Gasteiger partial charge in [0.25, 0.3) is 11.6 Å². The first-order chi connectivity index (χ1) is 10.9. The van der Waals surface area contributed by atoms with E-state index < -0.39 is 23.4 Å². The zero-order chi connectivity index (χ0) is 17.0. The molecule has 0 spiro atoms. The predicted octanol–water partition coefficient (Wildman–Crippen LogP) is 1.43. The number of nitro benzene ring substituents is 1. The van der Waals surface area contributed by atoms with Crippen LogP contribution in [0, 0.1) is 17.0 Å². The van der Waals surface area contributed by atoms with Crippen molar-refractivity contribution in [2.24, 2.45) is 7.05 Å². The van der Waals surface area contributed by atoms with Crippen molar-refractivity contribution in [3.05, 3.63) is 51.8 Å². The topological polar surface area (TPSA) is 116 Å². The van der Waals surface area contributed by atoms with Gasteiger partial charge in [0.1, 0.15) is 0 Å². The molecule has 1 N–H and O–H groups in total. The fraction of sp³-hybridized carbons (Fsp3) is 0.214. The SMILES string of the molecule is Cc1ccc([N+](=O)[O-])cc1NC(=O)COC(=O)c1cnn(C)c1. The first kappa shape index (κ1) is 16.1. The van der Waals surface area contributed by atoms with E-state index in [9.17, 15) is 19.7 Å². The van der Waals surface area contributed by atoms with Crippen molar-refractivity contribution < 1.29 is 19.2 Å². The van der Waals surface area contributed by atoms with Crippen LogP contribution < -0.4 is 5.32 Å². The van der Waals surface area contributed by atoms with Crippen molar-refractivity contribution >= 4 is 23.3 Å². The van der Waals surface area contributed by atoms with Gasteiger partial charge in [-0.05, 0) is 12.5 Å². The molecular formula is C14H14N4O5. The molecule has 9 nitrogen and oxygen atoms in total. The van der Waals surface area contributed by atoms with Crippen molar-refractivity contribution in [1.29, 1.82) is 0 Å². The highest BCUT2D eigenvalue weighted by Crippen LogP contribution is 2.21. The maximum atomic E-state index is 11.8. The monoisotopic (exact) mass is 318 g/mol. The molecule has 2 rings (SSSR count). The Hall–Kier alpha value is -3.23. The number of aryl methyl sites for hydroxylation is 2. The van der Waals surface area contributed by atoms with Gasteiger partial charge in [0, 0.05) is 25.4 Å². The van der Waals surface area contributed by atoms with Gasteiger partial charge in [-0.1, -0.05) is 6.07 Å². The zero-order valence-corrected chi connectivity index (χ0v) is 12.5. The third-order valence-electron chi connectivity index (χ3n) is 2.98. The summed E-state index contributed by atoms with van der Waals surface area (Å²) in [6.07, 6.45) is 2.79. The van der Waals surface area contributed by atoms with Gasteiger partial charge in [-0.15, -0.1) is 0 Å². The van der Waals surface area contributed by atoms with E-state index in [0.717, 1.165) is 0 Å². The lowest BCUT2D eigenvalue weighted by Crippen LogP contribution is -2.21. The highest BCUT2D eigenvalue weighted by Gasteiger charge is 2.14. The molecule has 0 saturated carbocycles. The van der Waals surface area contributed by atoms with Crippen molar-refractivity contribution in [3.63, 3.8) is 0 Å². The van der Waals surface area contributed by atoms with E-state index in [0.29, 0.717) is 11.3 Å². The molecule has 9 heteroatoms. The summed E-state index contributed by atoms with van der Waals surface area (Å²) >= 11 is 0. The Balaban J connectivity index is 1.96. The normalized spacial score (nSPS) is 10.2. The Morgan fingerprint density at radius 2 is 2.17 bits per heavy atom. The summed E-state index contributed by atoms with van der Waals surface area (Å²) in [5.41, 5.74) is 1.04. The number of aromatic nitrogens is 2. The Morgan fingerprint density at radius 1 is 1.43 bits per heavy atom. The number of nitrogens with zero attached hydrogens (tertiary/aromatic N) is 3. The van der Waals surface area contributed by atoms with Gasteiger partial charge in [0.2, 0.25) is 0 Å². The van der Waals surface area contributed by atoms with Gasteiger partial charge in [-0.3, -0.25) is 19.6 Å². The fourth-order valence-electron chi connectivity index (χ4n) is 1.79. The summed E-state index contributed by atoms with van der Waals surface area (Å²) in [5.74, 6) is -1.27. The molecule has 0 saturated heterocycles. The number of hydrogen-bond acceptors (Lipinski definition) is 6. The van der Waals surface area contributed by atoms with Crippen LogP contribution in [0.3, 0.4) is 0 Å². The molecule has 0 atom stereocenters. The molecular weight excluding hydrogens is 304 g/mol. The number of carbonyl (C=O) groups excluding carboxylic acids is 2. The van der Waals surface area contributed by atoms with Gasteiger partial charge in [-0.25, -0.2) is 4.79 Å². The highest BCUT2D eigenvalue weighted by molar-refractivity contribution is 5.95. The lowest BCUT2D eigenvalue weighted by atomic mass is 10.2. The molecule has 0 aliphatic heterocycles. The van der Waals surface area contributed by atoms with E-state index >= 15 is 0 Å². The largest absolute Gasteiger partial charge is 0.452 e. The minimum atomic E-state index is -0.677. The van der Waals surface area contributed by atoms with Crippen molar-refractivity contribution in [2.75, 3.05) is 11.9 Å². The second-order valence-electron chi connectivity index (χ2n) is 4.78. The van der Waals surface area contributed by atoms with Crippen LogP contribution in [-0.2, 0) is 16.6 Å². The van der Waals surface area contributed by atoms with E-state index in [4.69, 9.17) is 4.74 Å². The van der Waals surface area contributed by atoms with Crippen LogP contribution in [0.2, 0.25) is 0 Å². The van der Waals surface area contributed by atoms with E-state index in [-0.39, 0.29) is 11.3 Å². The molecule has 1 amide bonds. The second-order valence-corrected chi connectivity index (χ2v) is 4.78. The van der Waals surface area contributed by atoms with Gasteiger partial charge in [-0.2, -0.15) is 5.10 Å². The van der Waals surface area contributed by atoms with Crippen LogP contribution in [0.15, 0.2) is 30.6 Å². The Morgan fingerprint density at radius 3 is 2.78 bits per heavy atom. The highest BCUT2D eigenvalue weighted by atomic mass is 16.6. The number of benzene rings is 1. The molecule has 0 bridgehead atoms. The summed E-state index contributed by atoms with van der Waals surface area (Å²) in [4.78, 5) is 33.7. The Labute approximate surface area is 131 Å². The number of amides is 1. The summed E-state index contributed by atoms with van der Waals surface area (Å²) < 4.78 is 6.29. The Bertz CT molecular complexity index is 768. The first-order valence-corrected chi connectivity index (χ1v) is 6.57. The number of esters is 1. The molecule has 1 heterocycles. The van der Waals surface area contributed by atoms with Crippen molar-refractivity contribution in [2.45, 2.75) is 6.92 Å². The quantitative estimate of drug-likeness (QED) is 0.506. The van der Waals surface area contributed by atoms with Crippen LogP contribution in [0.5, 0.6) is 0 Å². The number of nitro groups is 1. The third-order valence-corrected chi connectivity index (χ3v) is 2.98. The predicted molar refractivity (Wildman–Crippen MR) is 80.0 cm³/mol. The number of rotatable bonds is 5. The molecule has 0 fully saturated rings. The number of anilines is 1. The summed E-state index contributed by atoms with van der Waals surface area (Å²) in [7, 11) is 1.65. The number of ether oxygens (including phenoxy) is 1. The number of non-ortho nitro benzene ring substituents is 1. The van der Waals surface area contributed by atoms with Crippen LogP contribution in [0.25, 0.3) is 0 Å². The molecule has 1 aromatic heterocycles. The lowest BCUT2D eigenvalue weighted by molar-refractivity contribution is -0.384. The van der Waals surface area contributed by atoms with Gasteiger partial charge >= 0.3 is 5.97 Å². The third kappa shape index (κ3) is 4.13. The lowest BCUT2D eigenvalue weighted by Gasteiger charge is -2.08. The minimum Gasteiger partial charge on any atom is -0.452 e. The average Bonchev–Trinajstić information content (AvgIpc) is 2.93. The van der Waals surface area contributed by atoms with Gasteiger partial charge in [0.15, 0.2) is 6.61 Å². The number of hydrogen-bond donors (Lipinski definition) is 1. The van der Waals surface area contributed by atoms with E-state index in [1.54, 1.807) is 14.0 Å². The summed E-state index contributed by atoms with van der Waals surface area (Å²) in [6, 6.07) is 4.11. The molecule has 0 unspecified atom stereocenters. The summed E-state index contributed by atoms with van der Waals surface area (Å²) in [5, 5.41) is 17.0. The molecule has 120 valence electrons. The van der Waals surface area contributed by atoms with Crippen molar-refractivity contribution in [3.8, 4) is 0 Å². The Kier molecular flexibility index (Phi) is 4.69. The van der Waals surface area contributed by atoms with E-state index in [2.05, 4.69) is 10.4 Å². The molecule has 2 aromatic rings. The molecule has 0 aliphatic rings. The van der Waals surface area contributed by atoms with Crippen molar-refractivity contribution in [1.82, 2.24) is 9.78 Å². The van der Waals surface area contributed by atoms with E-state index in [1.807, 2.05) is 0 Å². The first-order valence-electron chi connectivity index (χ1n) is 6.57. The van der Waals surface area contributed by atoms with Gasteiger partial charge in [0.05, 0.1) is 22.4 Å². The van der Waals surface area contributed by atoms with Crippen LogP contribution >= 0.6 is 0 Å². The number of carbonyl (C=O) groups is 2. The maximum absolute atomic E-state index is 11.8. The molecule has 23 heavy (non-hydrogen) atoms. The smallest absolute Gasteiger partial charge is 0.341 e. The van der Waals surface area contributed by atoms with Crippen LogP contribution in [-0.4, -0.2) is 33.2 Å².